The van der Waals surface area contributed by atoms with Gasteiger partial charge in [0.2, 0.25) is 0 Å². The summed E-state index contributed by atoms with van der Waals surface area (Å²) in [5.74, 6) is -0.349. The summed E-state index contributed by atoms with van der Waals surface area (Å²) in [5, 5.41) is 2.84. The standard InChI is InChI=1S/C21H38N2O4/c1-4-5-6-8-11-19(12-13-20(24)26-18(2)3)27-21(25)22-14-17-23-15-9-7-10-16-23/h18-19H,2-17H2,1H3,(H,22,25). The molecule has 1 unspecified atom stereocenters. The molecule has 0 saturated carbocycles. The lowest BCUT2D eigenvalue weighted by Gasteiger charge is -2.26. The molecule has 1 N–H and O–H groups in total. The van der Waals surface area contributed by atoms with Crippen molar-refractivity contribution in [2.45, 2.75) is 83.3 Å². The number of alkyl carbamates (subject to hydrolysis) is 1. The number of carbonyl (C=O) groups excluding carboxylic acids is 2. The van der Waals surface area contributed by atoms with Crippen molar-refractivity contribution in [2.75, 3.05) is 26.2 Å². The Bertz CT molecular complexity index is 409. The lowest BCUT2D eigenvalue weighted by molar-refractivity contribution is -0.146. The molecule has 0 aromatic carbocycles. The largest absolute Gasteiger partial charge is 0.462 e. The number of rotatable bonds is 13. The van der Waals surface area contributed by atoms with E-state index in [4.69, 9.17) is 9.47 Å². The summed E-state index contributed by atoms with van der Waals surface area (Å²) in [5.41, 5.74) is 0. The highest BCUT2D eigenvalue weighted by Gasteiger charge is 2.17. The minimum Gasteiger partial charge on any atom is -0.462 e. The monoisotopic (exact) mass is 382 g/mol. The van der Waals surface area contributed by atoms with Crippen LogP contribution in [0, 0.1) is 13.8 Å². The van der Waals surface area contributed by atoms with Gasteiger partial charge in [0.1, 0.15) is 12.2 Å². The molecule has 27 heavy (non-hydrogen) atoms. The minimum atomic E-state index is -0.612. The summed E-state index contributed by atoms with van der Waals surface area (Å²) in [4.78, 5) is 26.2. The summed E-state index contributed by atoms with van der Waals surface area (Å²) < 4.78 is 10.5. The number of nitrogens with one attached hydrogen (secondary N) is 1. The van der Waals surface area contributed by atoms with E-state index in [1.807, 2.05) is 0 Å². The van der Waals surface area contributed by atoms with Crippen LogP contribution in [0.5, 0.6) is 0 Å². The quantitative estimate of drug-likeness (QED) is 0.386. The molecule has 1 amide bonds. The average molecular weight is 383 g/mol. The van der Waals surface area contributed by atoms with Crippen LogP contribution in [0.3, 0.4) is 0 Å². The molecular formula is C21H38N2O4. The van der Waals surface area contributed by atoms with Gasteiger partial charge in [0.15, 0.2) is 0 Å². The fraction of sp³-hybridized carbons (Fsp3) is 0.810. The third kappa shape index (κ3) is 12.7. The van der Waals surface area contributed by atoms with E-state index < -0.39 is 12.2 Å². The number of unbranched alkanes of at least 4 members (excludes halogenated alkanes) is 3. The zero-order valence-corrected chi connectivity index (χ0v) is 17.0. The summed E-state index contributed by atoms with van der Waals surface area (Å²) in [6.07, 6.45) is 8.37. The molecule has 0 aromatic heterocycles. The molecule has 0 bridgehead atoms. The molecule has 1 aliphatic rings. The molecule has 1 rings (SSSR count). The van der Waals surface area contributed by atoms with E-state index in [2.05, 4.69) is 31.0 Å². The van der Waals surface area contributed by atoms with Crippen molar-refractivity contribution in [3.05, 3.63) is 13.8 Å². The summed E-state index contributed by atoms with van der Waals surface area (Å²) in [7, 11) is 0. The van der Waals surface area contributed by atoms with Gasteiger partial charge in [-0.1, -0.05) is 32.6 Å². The van der Waals surface area contributed by atoms with E-state index in [0.29, 0.717) is 13.0 Å². The molecular weight excluding hydrogens is 344 g/mol. The van der Waals surface area contributed by atoms with Crippen molar-refractivity contribution < 1.29 is 19.1 Å². The highest BCUT2D eigenvalue weighted by molar-refractivity contribution is 5.70. The predicted octanol–water partition coefficient (Wildman–Crippen LogP) is 3.90. The van der Waals surface area contributed by atoms with Crippen molar-refractivity contribution in [1.29, 1.82) is 0 Å². The van der Waals surface area contributed by atoms with E-state index >= 15 is 0 Å². The number of amides is 1. The van der Waals surface area contributed by atoms with Gasteiger partial charge in [0, 0.05) is 19.5 Å². The van der Waals surface area contributed by atoms with Crippen LogP contribution in [0.25, 0.3) is 0 Å². The molecule has 0 aromatic rings. The number of hydrogen-bond donors (Lipinski definition) is 1. The van der Waals surface area contributed by atoms with E-state index in [1.54, 1.807) is 0 Å². The number of esters is 1. The summed E-state index contributed by atoms with van der Waals surface area (Å²) in [6, 6.07) is 0. The second-order valence-electron chi connectivity index (χ2n) is 7.36. The van der Waals surface area contributed by atoms with Gasteiger partial charge in [-0.2, -0.15) is 0 Å². The molecule has 156 valence electrons. The molecule has 1 aliphatic heterocycles. The van der Waals surface area contributed by atoms with Crippen LogP contribution in [0.2, 0.25) is 0 Å². The van der Waals surface area contributed by atoms with Crippen LogP contribution in [0.4, 0.5) is 4.79 Å². The fourth-order valence-corrected chi connectivity index (χ4v) is 3.28. The molecule has 1 fully saturated rings. The van der Waals surface area contributed by atoms with Gasteiger partial charge in [0.05, 0.1) is 0 Å². The van der Waals surface area contributed by atoms with Crippen molar-refractivity contribution in [3.8, 4) is 0 Å². The van der Waals surface area contributed by atoms with Crippen molar-refractivity contribution in [3.63, 3.8) is 0 Å². The second kappa shape index (κ2) is 14.7. The Hall–Kier alpha value is -1.30. The SMILES string of the molecule is [CH2]C([CH2])OC(=O)CCC(CCCCCC)OC(=O)NCCN1CCCCC1. The van der Waals surface area contributed by atoms with Crippen LogP contribution in [-0.2, 0) is 14.3 Å². The van der Waals surface area contributed by atoms with Gasteiger partial charge in [-0.15, -0.1) is 0 Å². The Morgan fingerprint density at radius 3 is 2.44 bits per heavy atom. The number of piperidine rings is 1. The number of likely N-dealkylation sites (tertiary alicyclic amines) is 1. The maximum Gasteiger partial charge on any atom is 0.407 e. The molecule has 2 radical (unpaired) electrons. The maximum absolute atomic E-state index is 12.1. The van der Waals surface area contributed by atoms with Crippen LogP contribution < -0.4 is 5.32 Å². The number of nitrogens with zero attached hydrogens (tertiary/aromatic N) is 1. The number of ether oxygens (including phenoxy) is 2. The Labute approximate surface area is 165 Å². The molecule has 6 heteroatoms. The first-order valence-corrected chi connectivity index (χ1v) is 10.5. The predicted molar refractivity (Wildman–Crippen MR) is 107 cm³/mol. The Morgan fingerprint density at radius 2 is 1.78 bits per heavy atom. The van der Waals surface area contributed by atoms with Gasteiger partial charge in [-0.25, -0.2) is 4.79 Å². The first kappa shape index (κ1) is 23.7. The molecule has 1 heterocycles. The third-order valence-electron chi connectivity index (χ3n) is 4.77. The van der Waals surface area contributed by atoms with Crippen LogP contribution >= 0.6 is 0 Å². The van der Waals surface area contributed by atoms with Crippen molar-refractivity contribution >= 4 is 12.1 Å². The van der Waals surface area contributed by atoms with Crippen molar-refractivity contribution in [1.82, 2.24) is 10.2 Å². The first-order valence-electron chi connectivity index (χ1n) is 10.5. The molecule has 0 spiro atoms. The Balaban J connectivity index is 2.31. The Kier molecular flexibility index (Phi) is 12.9. The smallest absolute Gasteiger partial charge is 0.407 e. The van der Waals surface area contributed by atoms with Gasteiger partial charge in [0.25, 0.3) is 0 Å². The highest BCUT2D eigenvalue weighted by atomic mass is 16.6. The van der Waals surface area contributed by atoms with E-state index in [1.165, 1.54) is 25.7 Å². The molecule has 1 atom stereocenters. The summed E-state index contributed by atoms with van der Waals surface area (Å²) >= 11 is 0. The molecule has 1 saturated heterocycles. The topological polar surface area (TPSA) is 67.9 Å². The maximum atomic E-state index is 12.1. The van der Waals surface area contributed by atoms with Crippen molar-refractivity contribution in [2.24, 2.45) is 0 Å². The molecule has 6 nitrogen and oxygen atoms in total. The average Bonchev–Trinajstić information content (AvgIpc) is 2.63. The normalized spacial score (nSPS) is 16.1. The van der Waals surface area contributed by atoms with Gasteiger partial charge in [-0.05, 0) is 59.0 Å². The van der Waals surface area contributed by atoms with E-state index in [0.717, 1.165) is 45.3 Å². The zero-order chi connectivity index (χ0) is 19.9. The lowest BCUT2D eigenvalue weighted by Crippen LogP contribution is -2.38. The lowest BCUT2D eigenvalue weighted by atomic mass is 10.1. The van der Waals surface area contributed by atoms with Gasteiger partial charge in [-0.3, -0.25) is 4.79 Å². The van der Waals surface area contributed by atoms with Gasteiger partial charge < -0.3 is 19.7 Å². The number of hydrogen-bond acceptors (Lipinski definition) is 5. The number of carbonyl (C=O) groups is 2. The van der Waals surface area contributed by atoms with Crippen LogP contribution in [0.1, 0.15) is 71.1 Å². The van der Waals surface area contributed by atoms with E-state index in [-0.39, 0.29) is 18.5 Å². The first-order chi connectivity index (χ1) is 13.0. The Morgan fingerprint density at radius 1 is 1.04 bits per heavy atom. The minimum absolute atomic E-state index is 0.209. The summed E-state index contributed by atoms with van der Waals surface area (Å²) in [6.45, 7) is 12.9. The zero-order valence-electron chi connectivity index (χ0n) is 17.0. The highest BCUT2D eigenvalue weighted by Crippen LogP contribution is 2.14. The molecule has 0 aliphatic carbocycles. The van der Waals surface area contributed by atoms with E-state index in [9.17, 15) is 9.59 Å². The third-order valence-corrected chi connectivity index (χ3v) is 4.77. The van der Waals surface area contributed by atoms with Gasteiger partial charge >= 0.3 is 12.1 Å². The van der Waals surface area contributed by atoms with Crippen LogP contribution in [-0.4, -0.2) is 55.3 Å². The fourth-order valence-electron chi connectivity index (χ4n) is 3.28. The van der Waals surface area contributed by atoms with Crippen LogP contribution in [0.15, 0.2) is 0 Å². The second-order valence-corrected chi connectivity index (χ2v) is 7.36.